The van der Waals surface area contributed by atoms with E-state index in [2.05, 4.69) is 11.9 Å². The molecule has 0 spiro atoms. The van der Waals surface area contributed by atoms with Gasteiger partial charge in [0.25, 0.3) is 0 Å². The summed E-state index contributed by atoms with van der Waals surface area (Å²) in [5, 5.41) is 2.97. The maximum atomic E-state index is 11.3. The third kappa shape index (κ3) is 1.94. The molecule has 0 aromatic heterocycles. The van der Waals surface area contributed by atoms with E-state index < -0.39 is 0 Å². The monoisotopic (exact) mass is 217 g/mol. The molecule has 0 bridgehead atoms. The maximum absolute atomic E-state index is 11.3. The maximum Gasteiger partial charge on any atom is 0.244 e. The first-order valence-corrected chi connectivity index (χ1v) is 5.29. The normalized spacial score (nSPS) is 16.3. The van der Waals surface area contributed by atoms with Gasteiger partial charge in [-0.3, -0.25) is 4.79 Å². The molecule has 0 aliphatic heterocycles. The van der Waals surface area contributed by atoms with Crippen LogP contribution in [0.2, 0.25) is 0 Å². The predicted octanol–water partition coefficient (Wildman–Crippen LogP) is 1.99. The highest BCUT2D eigenvalue weighted by Crippen LogP contribution is 2.45. The van der Waals surface area contributed by atoms with Crippen molar-refractivity contribution in [1.29, 1.82) is 0 Å². The standard InChI is InChI=1S/C13H15NO2/c1-3-12(15)14-13(8-9-13)10-4-6-11(16-2)7-5-10/h3-7H,1,8-9H2,2H3,(H,14,15). The van der Waals surface area contributed by atoms with E-state index in [9.17, 15) is 4.79 Å². The number of rotatable bonds is 4. The summed E-state index contributed by atoms with van der Waals surface area (Å²) < 4.78 is 5.10. The van der Waals surface area contributed by atoms with E-state index in [1.54, 1.807) is 7.11 Å². The molecule has 0 saturated heterocycles. The highest BCUT2D eigenvalue weighted by molar-refractivity contribution is 5.88. The molecule has 3 heteroatoms. The zero-order valence-corrected chi connectivity index (χ0v) is 9.32. The Morgan fingerprint density at radius 2 is 2.06 bits per heavy atom. The van der Waals surface area contributed by atoms with Gasteiger partial charge in [0, 0.05) is 0 Å². The zero-order chi connectivity index (χ0) is 11.6. The Hall–Kier alpha value is -1.77. The lowest BCUT2D eigenvalue weighted by Gasteiger charge is -2.17. The summed E-state index contributed by atoms with van der Waals surface area (Å²) in [7, 11) is 1.64. The van der Waals surface area contributed by atoms with Crippen molar-refractivity contribution < 1.29 is 9.53 Å². The topological polar surface area (TPSA) is 38.3 Å². The lowest BCUT2D eigenvalue weighted by molar-refractivity contribution is -0.117. The van der Waals surface area contributed by atoms with Crippen molar-refractivity contribution in [3.8, 4) is 5.75 Å². The Morgan fingerprint density at radius 3 is 2.50 bits per heavy atom. The van der Waals surface area contributed by atoms with Crippen LogP contribution in [-0.4, -0.2) is 13.0 Å². The highest BCUT2D eigenvalue weighted by atomic mass is 16.5. The minimum absolute atomic E-state index is 0.117. The SMILES string of the molecule is C=CC(=O)NC1(c2ccc(OC)cc2)CC1. The Morgan fingerprint density at radius 1 is 1.44 bits per heavy atom. The molecule has 2 rings (SSSR count). The molecule has 1 amide bonds. The van der Waals surface area contributed by atoms with E-state index in [0.717, 1.165) is 24.2 Å². The van der Waals surface area contributed by atoms with Gasteiger partial charge in [-0.2, -0.15) is 0 Å². The van der Waals surface area contributed by atoms with E-state index in [0.29, 0.717) is 0 Å². The molecule has 0 heterocycles. The van der Waals surface area contributed by atoms with Gasteiger partial charge in [-0.1, -0.05) is 18.7 Å². The first-order chi connectivity index (χ1) is 7.70. The Bertz CT molecular complexity index is 404. The average Bonchev–Trinajstić information content (AvgIpc) is 3.10. The van der Waals surface area contributed by atoms with Gasteiger partial charge in [0.2, 0.25) is 5.91 Å². The van der Waals surface area contributed by atoms with E-state index in [1.165, 1.54) is 6.08 Å². The van der Waals surface area contributed by atoms with Gasteiger partial charge in [0.15, 0.2) is 0 Å². The highest BCUT2D eigenvalue weighted by Gasteiger charge is 2.45. The quantitative estimate of drug-likeness (QED) is 0.783. The fourth-order valence-electron chi connectivity index (χ4n) is 1.81. The molecule has 1 saturated carbocycles. The second-order valence-corrected chi connectivity index (χ2v) is 4.00. The summed E-state index contributed by atoms with van der Waals surface area (Å²) in [6, 6.07) is 7.81. The van der Waals surface area contributed by atoms with Gasteiger partial charge in [-0.05, 0) is 36.6 Å². The van der Waals surface area contributed by atoms with Crippen LogP contribution in [0, 0.1) is 0 Å². The second-order valence-electron chi connectivity index (χ2n) is 4.00. The smallest absolute Gasteiger partial charge is 0.244 e. The van der Waals surface area contributed by atoms with Gasteiger partial charge in [-0.25, -0.2) is 0 Å². The fourth-order valence-corrected chi connectivity index (χ4v) is 1.81. The van der Waals surface area contributed by atoms with Crippen molar-refractivity contribution in [2.45, 2.75) is 18.4 Å². The van der Waals surface area contributed by atoms with E-state index >= 15 is 0 Å². The number of nitrogens with one attached hydrogen (secondary N) is 1. The van der Waals surface area contributed by atoms with Crippen LogP contribution in [0.25, 0.3) is 0 Å². The third-order valence-corrected chi connectivity index (χ3v) is 2.94. The minimum Gasteiger partial charge on any atom is -0.497 e. The molecule has 1 N–H and O–H groups in total. The number of amides is 1. The number of carbonyl (C=O) groups is 1. The van der Waals surface area contributed by atoms with Crippen molar-refractivity contribution in [3.63, 3.8) is 0 Å². The number of ether oxygens (including phenoxy) is 1. The number of benzene rings is 1. The van der Waals surface area contributed by atoms with E-state index in [1.807, 2.05) is 24.3 Å². The van der Waals surface area contributed by atoms with E-state index in [4.69, 9.17) is 4.74 Å². The molecule has 3 nitrogen and oxygen atoms in total. The van der Waals surface area contributed by atoms with E-state index in [-0.39, 0.29) is 11.4 Å². The molecule has 84 valence electrons. The molecule has 0 radical (unpaired) electrons. The van der Waals surface area contributed by atoms with Crippen LogP contribution in [-0.2, 0) is 10.3 Å². The molecule has 16 heavy (non-hydrogen) atoms. The van der Waals surface area contributed by atoms with Gasteiger partial charge in [0.05, 0.1) is 12.6 Å². The van der Waals surface area contributed by atoms with Crippen molar-refractivity contribution in [1.82, 2.24) is 5.32 Å². The summed E-state index contributed by atoms with van der Waals surface area (Å²) in [4.78, 5) is 11.3. The second kappa shape index (κ2) is 4.00. The number of carbonyl (C=O) groups excluding carboxylic acids is 1. The summed E-state index contributed by atoms with van der Waals surface area (Å²) in [5.41, 5.74) is 0.959. The molecular weight excluding hydrogens is 202 g/mol. The summed E-state index contributed by atoms with van der Waals surface area (Å²) in [6.07, 6.45) is 3.28. The minimum atomic E-state index is -0.169. The molecule has 1 aromatic carbocycles. The summed E-state index contributed by atoms with van der Waals surface area (Å²) in [5.74, 6) is 0.711. The van der Waals surface area contributed by atoms with Crippen LogP contribution in [0.1, 0.15) is 18.4 Å². The summed E-state index contributed by atoms with van der Waals surface area (Å²) in [6.45, 7) is 3.46. The van der Waals surface area contributed by atoms with Gasteiger partial charge < -0.3 is 10.1 Å². The largest absolute Gasteiger partial charge is 0.497 e. The van der Waals surface area contributed by atoms with Crippen LogP contribution in [0.3, 0.4) is 0 Å². The molecule has 1 aromatic rings. The molecule has 1 aliphatic carbocycles. The zero-order valence-electron chi connectivity index (χ0n) is 9.32. The number of methoxy groups -OCH3 is 1. The number of hydrogen-bond donors (Lipinski definition) is 1. The lowest BCUT2D eigenvalue weighted by Crippen LogP contribution is -2.33. The van der Waals surface area contributed by atoms with Crippen LogP contribution >= 0.6 is 0 Å². The van der Waals surface area contributed by atoms with Crippen LogP contribution < -0.4 is 10.1 Å². The van der Waals surface area contributed by atoms with Crippen LogP contribution in [0.15, 0.2) is 36.9 Å². The van der Waals surface area contributed by atoms with Gasteiger partial charge >= 0.3 is 0 Å². The van der Waals surface area contributed by atoms with Crippen LogP contribution in [0.4, 0.5) is 0 Å². The molecular formula is C13H15NO2. The molecule has 0 atom stereocenters. The molecule has 1 aliphatic rings. The summed E-state index contributed by atoms with van der Waals surface area (Å²) >= 11 is 0. The Balaban J connectivity index is 2.16. The molecule has 1 fully saturated rings. The molecule has 0 unspecified atom stereocenters. The van der Waals surface area contributed by atoms with Gasteiger partial charge in [-0.15, -0.1) is 0 Å². The average molecular weight is 217 g/mol. The first kappa shape index (κ1) is 10.7. The van der Waals surface area contributed by atoms with Crippen molar-refractivity contribution in [2.24, 2.45) is 0 Å². The van der Waals surface area contributed by atoms with Gasteiger partial charge in [0.1, 0.15) is 5.75 Å². The van der Waals surface area contributed by atoms with Crippen molar-refractivity contribution in [3.05, 3.63) is 42.5 Å². The fraction of sp³-hybridized carbons (Fsp3) is 0.308. The Labute approximate surface area is 95.1 Å². The number of hydrogen-bond acceptors (Lipinski definition) is 2. The third-order valence-electron chi connectivity index (χ3n) is 2.94. The Kier molecular flexibility index (Phi) is 2.69. The predicted molar refractivity (Wildman–Crippen MR) is 62.2 cm³/mol. The van der Waals surface area contributed by atoms with Crippen molar-refractivity contribution >= 4 is 5.91 Å². The van der Waals surface area contributed by atoms with Crippen LogP contribution in [0.5, 0.6) is 5.75 Å². The lowest BCUT2D eigenvalue weighted by atomic mass is 10.0. The van der Waals surface area contributed by atoms with Crippen molar-refractivity contribution in [2.75, 3.05) is 7.11 Å². The first-order valence-electron chi connectivity index (χ1n) is 5.29.